The summed E-state index contributed by atoms with van der Waals surface area (Å²) in [5, 5.41) is 9.67. The summed E-state index contributed by atoms with van der Waals surface area (Å²) in [6.07, 6.45) is 2.65. The van der Waals surface area contributed by atoms with Crippen LogP contribution in [0.3, 0.4) is 0 Å². The van der Waals surface area contributed by atoms with Gasteiger partial charge in [-0.2, -0.15) is 0 Å². The fourth-order valence-corrected chi connectivity index (χ4v) is 2.13. The van der Waals surface area contributed by atoms with E-state index in [0.717, 1.165) is 42.7 Å². The van der Waals surface area contributed by atoms with Crippen molar-refractivity contribution < 1.29 is 9.53 Å². The third kappa shape index (κ3) is 3.45. The van der Waals surface area contributed by atoms with Crippen molar-refractivity contribution in [3.05, 3.63) is 23.8 Å². The maximum absolute atomic E-state index is 11.2. The highest BCUT2D eigenvalue weighted by atomic mass is 16.5. The summed E-state index contributed by atoms with van der Waals surface area (Å²) in [5.74, 6) is 0.657. The van der Waals surface area contributed by atoms with Gasteiger partial charge in [-0.3, -0.25) is 4.79 Å². The van der Waals surface area contributed by atoms with Gasteiger partial charge in [0.25, 0.3) is 5.91 Å². The molecule has 1 heterocycles. The number of ether oxygens (including phenoxy) is 1. The first-order valence-electron chi connectivity index (χ1n) is 6.81. The Kier molecular flexibility index (Phi) is 3.66. The quantitative estimate of drug-likeness (QED) is 0.665. The van der Waals surface area contributed by atoms with E-state index in [9.17, 15) is 4.79 Å². The van der Waals surface area contributed by atoms with Crippen molar-refractivity contribution in [2.75, 3.05) is 25.0 Å². The van der Waals surface area contributed by atoms with E-state index < -0.39 is 0 Å². The predicted octanol–water partition coefficient (Wildman–Crippen LogP) is 0.859. The van der Waals surface area contributed by atoms with Gasteiger partial charge in [0, 0.05) is 25.7 Å². The summed E-state index contributed by atoms with van der Waals surface area (Å²) in [4.78, 5) is 11.2. The van der Waals surface area contributed by atoms with Gasteiger partial charge in [-0.15, -0.1) is 0 Å². The van der Waals surface area contributed by atoms with Crippen LogP contribution in [-0.2, 0) is 11.3 Å². The van der Waals surface area contributed by atoms with Crippen LogP contribution in [0.1, 0.15) is 18.4 Å². The SMILES string of the molecule is O=C1COc2ccc(CNCCNC3CC3)cc2N1. The number of carbonyl (C=O) groups excluding carboxylic acids is 1. The summed E-state index contributed by atoms with van der Waals surface area (Å²) >= 11 is 0. The number of rotatable bonds is 6. The van der Waals surface area contributed by atoms with E-state index in [0.29, 0.717) is 0 Å². The summed E-state index contributed by atoms with van der Waals surface area (Å²) in [7, 11) is 0. The van der Waals surface area contributed by atoms with Crippen LogP contribution in [0.5, 0.6) is 5.75 Å². The Balaban J connectivity index is 1.47. The van der Waals surface area contributed by atoms with Gasteiger partial charge < -0.3 is 20.7 Å². The molecule has 1 fully saturated rings. The minimum Gasteiger partial charge on any atom is -0.482 e. The van der Waals surface area contributed by atoms with E-state index in [1.807, 2.05) is 18.2 Å². The Labute approximate surface area is 112 Å². The zero-order valence-electron chi connectivity index (χ0n) is 10.9. The molecule has 1 aliphatic heterocycles. The maximum atomic E-state index is 11.2. The molecule has 3 N–H and O–H groups in total. The molecule has 0 spiro atoms. The van der Waals surface area contributed by atoms with Crippen molar-refractivity contribution in [2.45, 2.75) is 25.4 Å². The number of fused-ring (bicyclic) bond motifs is 1. The third-order valence-corrected chi connectivity index (χ3v) is 3.32. The molecule has 0 aromatic heterocycles. The smallest absolute Gasteiger partial charge is 0.262 e. The minimum absolute atomic E-state index is 0.0914. The van der Waals surface area contributed by atoms with E-state index in [4.69, 9.17) is 4.74 Å². The normalized spacial score (nSPS) is 17.6. The fourth-order valence-electron chi connectivity index (χ4n) is 2.13. The molecule has 0 radical (unpaired) electrons. The Morgan fingerprint density at radius 2 is 2.21 bits per heavy atom. The molecular weight excluding hydrogens is 242 g/mol. The molecule has 3 rings (SSSR count). The van der Waals surface area contributed by atoms with Crippen molar-refractivity contribution in [1.29, 1.82) is 0 Å². The minimum atomic E-state index is -0.0914. The van der Waals surface area contributed by atoms with Crippen LogP contribution < -0.4 is 20.7 Å². The molecule has 2 aliphatic rings. The van der Waals surface area contributed by atoms with E-state index in [1.54, 1.807) is 0 Å². The van der Waals surface area contributed by atoms with Crippen molar-refractivity contribution in [3.63, 3.8) is 0 Å². The highest BCUT2D eigenvalue weighted by molar-refractivity contribution is 5.95. The molecule has 0 saturated heterocycles. The van der Waals surface area contributed by atoms with Crippen molar-refractivity contribution in [2.24, 2.45) is 0 Å². The van der Waals surface area contributed by atoms with Crippen molar-refractivity contribution >= 4 is 11.6 Å². The molecule has 1 aliphatic carbocycles. The van der Waals surface area contributed by atoms with Crippen LogP contribution >= 0.6 is 0 Å². The Hall–Kier alpha value is -1.59. The van der Waals surface area contributed by atoms with Crippen molar-refractivity contribution in [3.8, 4) is 5.75 Å². The van der Waals surface area contributed by atoms with Gasteiger partial charge in [0.15, 0.2) is 6.61 Å². The van der Waals surface area contributed by atoms with E-state index in [-0.39, 0.29) is 12.5 Å². The lowest BCUT2D eigenvalue weighted by Gasteiger charge is -2.18. The summed E-state index contributed by atoms with van der Waals surface area (Å²) in [6.45, 7) is 2.87. The summed E-state index contributed by atoms with van der Waals surface area (Å²) in [5.41, 5.74) is 1.92. The number of amides is 1. The van der Waals surface area contributed by atoms with E-state index >= 15 is 0 Å². The second kappa shape index (κ2) is 5.59. The molecule has 0 unspecified atom stereocenters. The lowest BCUT2D eigenvalue weighted by molar-refractivity contribution is -0.118. The molecule has 0 atom stereocenters. The molecule has 5 heteroatoms. The summed E-state index contributed by atoms with van der Waals surface area (Å²) < 4.78 is 5.32. The first kappa shape index (κ1) is 12.4. The predicted molar refractivity (Wildman–Crippen MR) is 73.3 cm³/mol. The number of carbonyl (C=O) groups is 1. The molecule has 5 nitrogen and oxygen atoms in total. The highest BCUT2D eigenvalue weighted by Crippen LogP contribution is 2.28. The van der Waals surface area contributed by atoms with Crippen LogP contribution in [0.15, 0.2) is 18.2 Å². The number of benzene rings is 1. The monoisotopic (exact) mass is 261 g/mol. The lowest BCUT2D eigenvalue weighted by atomic mass is 10.1. The average molecular weight is 261 g/mol. The Morgan fingerprint density at radius 1 is 1.32 bits per heavy atom. The van der Waals surface area contributed by atoms with Gasteiger partial charge in [0.1, 0.15) is 5.75 Å². The molecule has 19 heavy (non-hydrogen) atoms. The van der Waals surface area contributed by atoms with Gasteiger partial charge >= 0.3 is 0 Å². The molecule has 0 bridgehead atoms. The Morgan fingerprint density at radius 3 is 3.05 bits per heavy atom. The third-order valence-electron chi connectivity index (χ3n) is 3.32. The van der Waals surface area contributed by atoms with Gasteiger partial charge in [0.2, 0.25) is 0 Å². The zero-order valence-corrected chi connectivity index (χ0v) is 10.9. The fraction of sp³-hybridized carbons (Fsp3) is 0.500. The molecular formula is C14H19N3O2. The number of hydrogen-bond donors (Lipinski definition) is 3. The van der Waals surface area contributed by atoms with Crippen LogP contribution in [0.25, 0.3) is 0 Å². The lowest BCUT2D eigenvalue weighted by Crippen LogP contribution is -2.28. The molecule has 1 saturated carbocycles. The van der Waals surface area contributed by atoms with Gasteiger partial charge in [-0.25, -0.2) is 0 Å². The van der Waals surface area contributed by atoms with Crippen LogP contribution in [0.2, 0.25) is 0 Å². The second-order valence-electron chi connectivity index (χ2n) is 5.07. The zero-order chi connectivity index (χ0) is 13.1. The number of anilines is 1. The molecule has 102 valence electrons. The molecule has 1 aromatic carbocycles. The maximum Gasteiger partial charge on any atom is 0.262 e. The van der Waals surface area contributed by atoms with E-state index in [2.05, 4.69) is 16.0 Å². The number of hydrogen-bond acceptors (Lipinski definition) is 4. The standard InChI is InChI=1S/C14H19N3O2/c18-14-9-19-13-4-1-10(7-12(13)17-14)8-15-5-6-16-11-2-3-11/h1,4,7,11,15-16H,2-3,5-6,8-9H2,(H,17,18). The van der Waals surface area contributed by atoms with Gasteiger partial charge in [-0.1, -0.05) is 6.07 Å². The van der Waals surface area contributed by atoms with Gasteiger partial charge in [0.05, 0.1) is 5.69 Å². The largest absolute Gasteiger partial charge is 0.482 e. The van der Waals surface area contributed by atoms with Crippen LogP contribution in [0, 0.1) is 0 Å². The van der Waals surface area contributed by atoms with Gasteiger partial charge in [-0.05, 0) is 30.5 Å². The highest BCUT2D eigenvalue weighted by Gasteiger charge is 2.19. The van der Waals surface area contributed by atoms with E-state index in [1.165, 1.54) is 12.8 Å². The first-order chi connectivity index (χ1) is 9.31. The average Bonchev–Trinajstić information content (AvgIpc) is 3.22. The van der Waals surface area contributed by atoms with Crippen LogP contribution in [0.4, 0.5) is 5.69 Å². The number of nitrogens with one attached hydrogen (secondary N) is 3. The van der Waals surface area contributed by atoms with Crippen molar-refractivity contribution in [1.82, 2.24) is 10.6 Å². The topological polar surface area (TPSA) is 62.4 Å². The Bertz CT molecular complexity index is 472. The first-order valence-corrected chi connectivity index (χ1v) is 6.81. The second-order valence-corrected chi connectivity index (χ2v) is 5.07. The summed E-state index contributed by atoms with van der Waals surface area (Å²) in [6, 6.07) is 6.66. The molecule has 1 amide bonds. The molecule has 1 aromatic rings. The van der Waals surface area contributed by atoms with Crippen LogP contribution in [-0.4, -0.2) is 31.6 Å².